The van der Waals surface area contributed by atoms with Crippen molar-refractivity contribution < 1.29 is 19.4 Å². The summed E-state index contributed by atoms with van der Waals surface area (Å²) in [6.07, 6.45) is 0.776. The van der Waals surface area contributed by atoms with Gasteiger partial charge in [0.15, 0.2) is 5.69 Å². The van der Waals surface area contributed by atoms with Crippen LogP contribution in [-0.2, 0) is 17.7 Å². The molecule has 1 fully saturated rings. The van der Waals surface area contributed by atoms with Gasteiger partial charge < -0.3 is 19.9 Å². The largest absolute Gasteiger partial charge is 0.494 e. The highest BCUT2D eigenvalue weighted by Gasteiger charge is 2.29. The molecule has 0 aliphatic carbocycles. The number of aromatic nitrogens is 2. The van der Waals surface area contributed by atoms with E-state index >= 15 is 0 Å². The Morgan fingerprint density at radius 3 is 2.58 bits per heavy atom. The highest BCUT2D eigenvalue weighted by Crippen LogP contribution is 2.32. The van der Waals surface area contributed by atoms with Crippen molar-refractivity contribution in [3.05, 3.63) is 23.4 Å². The minimum Gasteiger partial charge on any atom is -0.494 e. The first-order valence-electron chi connectivity index (χ1n) is 11.1. The molecule has 1 atom stereocenters. The van der Waals surface area contributed by atoms with Crippen molar-refractivity contribution in [2.24, 2.45) is 5.41 Å². The van der Waals surface area contributed by atoms with Crippen molar-refractivity contribution in [2.45, 2.75) is 46.7 Å². The maximum atomic E-state index is 13.3. The molecule has 0 bridgehead atoms. The second kappa shape index (κ2) is 9.97. The normalized spacial score (nSPS) is 16.5. The van der Waals surface area contributed by atoms with Crippen LogP contribution in [0.3, 0.4) is 0 Å². The number of ether oxygens (including phenoxy) is 2. The molecule has 1 aliphatic rings. The van der Waals surface area contributed by atoms with Crippen LogP contribution in [0.5, 0.6) is 5.75 Å². The third kappa shape index (κ3) is 5.19. The molecular formula is C23H36N4O4. The second-order valence-electron chi connectivity index (χ2n) is 9.10. The van der Waals surface area contributed by atoms with Gasteiger partial charge in [-0.1, -0.05) is 33.8 Å². The van der Waals surface area contributed by atoms with Crippen molar-refractivity contribution in [3.63, 3.8) is 0 Å². The average Bonchev–Trinajstić information content (AvgIpc) is 3.15. The molecule has 8 heteroatoms. The number of amides is 1. The zero-order chi connectivity index (χ0) is 22.6. The monoisotopic (exact) mass is 432 g/mol. The number of hydrogen-bond donors (Lipinski definition) is 2. The molecule has 1 aromatic heterocycles. The first kappa shape index (κ1) is 23.5. The summed E-state index contributed by atoms with van der Waals surface area (Å²) in [5, 5.41) is 18.4. The molecule has 2 N–H and O–H groups in total. The van der Waals surface area contributed by atoms with Gasteiger partial charge in [-0.2, -0.15) is 5.10 Å². The molecular weight excluding hydrogens is 396 g/mol. The molecule has 31 heavy (non-hydrogen) atoms. The van der Waals surface area contributed by atoms with Gasteiger partial charge in [-0.05, 0) is 23.5 Å². The zero-order valence-corrected chi connectivity index (χ0v) is 19.4. The molecule has 3 rings (SSSR count). The summed E-state index contributed by atoms with van der Waals surface area (Å²) < 4.78 is 13.0. The zero-order valence-electron chi connectivity index (χ0n) is 19.4. The van der Waals surface area contributed by atoms with Crippen LogP contribution < -0.4 is 10.1 Å². The number of carbonyl (C=O) groups excluding carboxylic acids is 1. The molecule has 172 valence electrons. The van der Waals surface area contributed by atoms with Crippen LogP contribution in [0.4, 0.5) is 0 Å². The lowest BCUT2D eigenvalue weighted by Crippen LogP contribution is -2.46. The number of aliphatic hydroxyl groups excluding tert-OH is 1. The Morgan fingerprint density at radius 1 is 1.29 bits per heavy atom. The van der Waals surface area contributed by atoms with Crippen molar-refractivity contribution in [2.75, 3.05) is 46.6 Å². The second-order valence-corrected chi connectivity index (χ2v) is 9.10. The lowest BCUT2D eigenvalue weighted by Gasteiger charge is -2.29. The first-order valence-corrected chi connectivity index (χ1v) is 11.1. The molecule has 1 aromatic carbocycles. The predicted octanol–water partition coefficient (Wildman–Crippen LogP) is 2.08. The molecule has 1 aliphatic heterocycles. The SMILES string of the molecule is CCc1ccc(OC)c2c1c(C(=O)N[C@H](CO)C(C)(C)C)nn2CCN1CCOCC1. The van der Waals surface area contributed by atoms with Crippen LogP contribution in [0.1, 0.15) is 43.7 Å². The van der Waals surface area contributed by atoms with Crippen LogP contribution in [0.2, 0.25) is 0 Å². The van der Waals surface area contributed by atoms with Crippen LogP contribution >= 0.6 is 0 Å². The Bertz CT molecular complexity index is 897. The Balaban J connectivity index is 2.00. The Labute approximate surface area is 184 Å². The molecule has 2 aromatic rings. The first-order chi connectivity index (χ1) is 14.8. The van der Waals surface area contributed by atoms with Gasteiger partial charge in [0.2, 0.25) is 0 Å². The topological polar surface area (TPSA) is 88.8 Å². The van der Waals surface area contributed by atoms with Crippen LogP contribution in [0, 0.1) is 5.41 Å². The van der Waals surface area contributed by atoms with E-state index in [0.717, 1.165) is 55.7 Å². The highest BCUT2D eigenvalue weighted by molar-refractivity contribution is 6.07. The Hall–Kier alpha value is -2.16. The third-order valence-electron chi connectivity index (χ3n) is 6.02. The molecule has 0 radical (unpaired) electrons. The van der Waals surface area contributed by atoms with E-state index in [1.807, 2.05) is 37.6 Å². The van der Waals surface area contributed by atoms with Gasteiger partial charge in [0.05, 0.1) is 39.5 Å². The number of nitrogens with one attached hydrogen (secondary N) is 1. The quantitative estimate of drug-likeness (QED) is 0.664. The number of fused-ring (bicyclic) bond motifs is 1. The Morgan fingerprint density at radius 2 is 2.00 bits per heavy atom. The van der Waals surface area contributed by atoms with Crippen molar-refractivity contribution >= 4 is 16.8 Å². The maximum Gasteiger partial charge on any atom is 0.272 e. The van der Waals surface area contributed by atoms with Crippen LogP contribution in [0.25, 0.3) is 10.9 Å². The number of methoxy groups -OCH3 is 1. The number of benzene rings is 1. The number of hydrogen-bond acceptors (Lipinski definition) is 6. The predicted molar refractivity (Wildman–Crippen MR) is 121 cm³/mol. The van der Waals surface area contributed by atoms with E-state index in [9.17, 15) is 9.90 Å². The summed E-state index contributed by atoms with van der Waals surface area (Å²) in [7, 11) is 1.64. The van der Waals surface area contributed by atoms with Gasteiger partial charge in [-0.25, -0.2) is 0 Å². The van der Waals surface area contributed by atoms with E-state index < -0.39 is 0 Å². The van der Waals surface area contributed by atoms with Crippen molar-refractivity contribution in [1.82, 2.24) is 20.0 Å². The average molecular weight is 433 g/mol. The molecule has 1 saturated heterocycles. The minimum absolute atomic E-state index is 0.130. The summed E-state index contributed by atoms with van der Waals surface area (Å²) in [6.45, 7) is 12.7. The fraction of sp³-hybridized carbons (Fsp3) is 0.652. The smallest absolute Gasteiger partial charge is 0.272 e. The summed E-state index contributed by atoms with van der Waals surface area (Å²) in [4.78, 5) is 15.6. The van der Waals surface area contributed by atoms with Gasteiger partial charge in [0, 0.05) is 25.0 Å². The number of aryl methyl sites for hydroxylation is 1. The highest BCUT2D eigenvalue weighted by atomic mass is 16.5. The number of nitrogens with zero attached hydrogens (tertiary/aromatic N) is 3. The number of rotatable bonds is 8. The number of aliphatic hydroxyl groups is 1. The summed E-state index contributed by atoms with van der Waals surface area (Å²) in [5.41, 5.74) is 2.01. The molecule has 2 heterocycles. The van der Waals surface area contributed by atoms with Crippen molar-refractivity contribution in [3.8, 4) is 5.75 Å². The van der Waals surface area contributed by atoms with E-state index in [1.54, 1.807) is 7.11 Å². The van der Waals surface area contributed by atoms with Crippen LogP contribution in [-0.4, -0.2) is 78.3 Å². The molecule has 0 unspecified atom stereocenters. The summed E-state index contributed by atoms with van der Waals surface area (Å²) >= 11 is 0. The van der Waals surface area contributed by atoms with Crippen LogP contribution in [0.15, 0.2) is 12.1 Å². The van der Waals surface area contributed by atoms with E-state index in [1.165, 1.54) is 0 Å². The molecule has 8 nitrogen and oxygen atoms in total. The lowest BCUT2D eigenvalue weighted by atomic mass is 9.87. The number of carbonyl (C=O) groups is 1. The van der Waals surface area contributed by atoms with Gasteiger partial charge in [0.1, 0.15) is 11.3 Å². The lowest BCUT2D eigenvalue weighted by molar-refractivity contribution is 0.0361. The summed E-state index contributed by atoms with van der Waals surface area (Å²) in [5.74, 6) is 0.433. The third-order valence-corrected chi connectivity index (χ3v) is 6.02. The van der Waals surface area contributed by atoms with Gasteiger partial charge >= 0.3 is 0 Å². The van der Waals surface area contributed by atoms with Gasteiger partial charge in [0.25, 0.3) is 5.91 Å². The Kier molecular flexibility index (Phi) is 7.56. The molecule has 0 saturated carbocycles. The standard InChI is InChI=1S/C23H36N4O4/c1-6-16-7-8-17(30-5)21-19(16)20(22(29)24-18(15-28)23(2,3)4)25-27(21)10-9-26-11-13-31-14-12-26/h7-8,18,28H,6,9-15H2,1-5H3,(H,24,29)/t18-/m1/s1. The van der Waals surface area contributed by atoms with E-state index in [0.29, 0.717) is 18.0 Å². The molecule has 0 spiro atoms. The fourth-order valence-electron chi connectivity index (χ4n) is 3.96. The number of morpholine rings is 1. The molecule has 1 amide bonds. The van der Waals surface area contributed by atoms with E-state index in [-0.39, 0.29) is 24.0 Å². The van der Waals surface area contributed by atoms with Gasteiger partial charge in [-0.15, -0.1) is 0 Å². The summed E-state index contributed by atoms with van der Waals surface area (Å²) in [6, 6.07) is 3.57. The van der Waals surface area contributed by atoms with E-state index in [4.69, 9.17) is 14.6 Å². The fourth-order valence-corrected chi connectivity index (χ4v) is 3.96. The minimum atomic E-state index is -0.371. The van der Waals surface area contributed by atoms with Gasteiger partial charge in [-0.3, -0.25) is 14.4 Å². The van der Waals surface area contributed by atoms with Crippen molar-refractivity contribution in [1.29, 1.82) is 0 Å². The maximum absolute atomic E-state index is 13.3. The van der Waals surface area contributed by atoms with E-state index in [2.05, 4.69) is 17.1 Å².